The molecule has 0 N–H and O–H groups in total. The van der Waals surface area contributed by atoms with Crippen molar-refractivity contribution in [2.24, 2.45) is 11.8 Å². The van der Waals surface area contributed by atoms with Crippen LogP contribution in [0.15, 0.2) is 102 Å². The van der Waals surface area contributed by atoms with Crippen molar-refractivity contribution in [1.29, 1.82) is 0 Å². The fourth-order valence-electron chi connectivity index (χ4n) is 5.12. The second-order valence-electron chi connectivity index (χ2n) is 10.3. The molecule has 0 saturated carbocycles. The minimum absolute atomic E-state index is 0. The smallest absolute Gasteiger partial charge is 0.171 e. The van der Waals surface area contributed by atoms with Gasteiger partial charge in [-0.25, -0.2) is 11.1 Å². The van der Waals surface area contributed by atoms with Crippen LogP contribution in [-0.2, 0) is 36.2 Å². The van der Waals surface area contributed by atoms with Gasteiger partial charge in [-0.2, -0.15) is 59.7 Å². The van der Waals surface area contributed by atoms with Crippen molar-refractivity contribution in [3.8, 4) is 0 Å². The van der Waals surface area contributed by atoms with Crippen molar-refractivity contribution in [3.63, 3.8) is 0 Å². The van der Waals surface area contributed by atoms with Crippen molar-refractivity contribution >= 4 is 42.8 Å². The van der Waals surface area contributed by atoms with Gasteiger partial charge in [0.05, 0.1) is 0 Å². The molecule has 0 bridgehead atoms. The van der Waals surface area contributed by atoms with Crippen LogP contribution in [0.1, 0.15) is 89.5 Å². The van der Waals surface area contributed by atoms with E-state index in [2.05, 4.69) is 127 Å². The molecule has 5 rings (SSSR count). The number of halogens is 2. The molecule has 3 aromatic carbocycles. The average Bonchev–Trinajstić information content (AvgIpc) is 3.71. The van der Waals surface area contributed by atoms with Crippen LogP contribution in [0.2, 0.25) is 0 Å². The second kappa shape index (κ2) is 26.4. The van der Waals surface area contributed by atoms with E-state index in [0.717, 1.165) is 38.5 Å². The van der Waals surface area contributed by atoms with Crippen LogP contribution >= 0.6 is 24.8 Å². The number of allylic oxidation sites excluding steroid dienone is 8. The summed E-state index contributed by atoms with van der Waals surface area (Å²) in [5.74, 6) is 1.04. The third-order valence-electron chi connectivity index (χ3n) is 7.59. The number of hydrogen-bond acceptors (Lipinski definition) is 0. The van der Waals surface area contributed by atoms with Gasteiger partial charge in [0.2, 0.25) is 0 Å². The van der Waals surface area contributed by atoms with E-state index in [4.69, 9.17) is 0 Å². The number of hydrogen-bond donors (Lipinski definition) is 0. The first kappa shape index (κ1) is 45.4. The van der Waals surface area contributed by atoms with E-state index in [1.54, 1.807) is 0 Å². The predicted molar refractivity (Wildman–Crippen MR) is 201 cm³/mol. The molecule has 0 aliphatic heterocycles. The minimum atomic E-state index is 0. The topological polar surface area (TPSA) is 0 Å². The zero-order valence-electron chi connectivity index (χ0n) is 28.4. The fourth-order valence-corrected chi connectivity index (χ4v) is 5.12. The monoisotopic (exact) mass is 732 g/mol. The van der Waals surface area contributed by atoms with Gasteiger partial charge < -0.3 is 7.43 Å². The molecular formula is C41H52Cl2SiZr-4. The molecule has 4 heteroatoms. The van der Waals surface area contributed by atoms with Crippen molar-refractivity contribution in [2.75, 3.05) is 0 Å². The Morgan fingerprint density at radius 1 is 0.578 bits per heavy atom. The Bertz CT molecular complexity index is 1230. The van der Waals surface area contributed by atoms with E-state index in [9.17, 15) is 0 Å². The van der Waals surface area contributed by atoms with E-state index in [0.29, 0.717) is 11.8 Å². The van der Waals surface area contributed by atoms with Crippen LogP contribution < -0.4 is 0 Å². The SMILES string of the molecule is CCC1=[C-]C(CC)C=C1c1cccc(CC)c1.CCC1=[C-]C(CC)C=C1c1cccc(CC)c1.Cl.Cl.[CH3-].[Si]=[Zr].[c-]1ccccc1. The molecule has 0 aromatic heterocycles. The summed E-state index contributed by atoms with van der Waals surface area (Å²) in [5.41, 5.74) is 11.2. The largest absolute Gasteiger partial charge is 0.184 e. The normalized spacial score (nSPS) is 15.6. The van der Waals surface area contributed by atoms with E-state index < -0.39 is 0 Å². The minimum Gasteiger partial charge on any atom is -0.184 e. The first-order valence-corrected chi connectivity index (χ1v) is 19.8. The number of benzene rings is 3. The van der Waals surface area contributed by atoms with Gasteiger partial charge >= 0.3 is 30.2 Å². The van der Waals surface area contributed by atoms with Crippen LogP contribution in [0.25, 0.3) is 11.1 Å². The van der Waals surface area contributed by atoms with Gasteiger partial charge in [-0.3, -0.25) is 12.2 Å². The van der Waals surface area contributed by atoms with E-state index in [-0.39, 0.29) is 32.2 Å². The van der Waals surface area contributed by atoms with E-state index in [1.165, 1.54) is 67.9 Å². The van der Waals surface area contributed by atoms with Crippen molar-refractivity contribution < 1.29 is 23.3 Å². The molecule has 2 atom stereocenters. The fraction of sp³-hybridized carbons (Fsp3) is 0.341. The van der Waals surface area contributed by atoms with Crippen molar-refractivity contribution in [1.82, 2.24) is 0 Å². The van der Waals surface area contributed by atoms with Crippen molar-refractivity contribution in [2.45, 2.75) is 80.1 Å². The molecule has 0 fully saturated rings. The van der Waals surface area contributed by atoms with Gasteiger partial charge in [0.1, 0.15) is 0 Å². The Labute approximate surface area is 306 Å². The summed E-state index contributed by atoms with van der Waals surface area (Å²) < 4.78 is 0. The van der Waals surface area contributed by atoms with Gasteiger partial charge in [0.25, 0.3) is 0 Å². The van der Waals surface area contributed by atoms with Gasteiger partial charge in [-0.15, -0.1) is 35.9 Å². The standard InChI is InChI=1S/2C17H21.C6H5.CH3.2ClH.Si.Zr/c2*1-4-13-8-7-9-16(10-13)17-12-14(5-2)11-15(17)6-3;1-2-4-6-5-3-1;;;;;/h2*7-10,12,14H,4-6H2,1-3H3;1-5H;1H3;2*1H;;/q4*-1;;;;. The zero-order valence-corrected chi connectivity index (χ0v) is 33.5. The quantitative estimate of drug-likeness (QED) is 0.160. The summed E-state index contributed by atoms with van der Waals surface area (Å²) in [6.45, 7) is 16.4. The van der Waals surface area contributed by atoms with Gasteiger partial charge in [-0.05, 0) is 24.0 Å². The van der Waals surface area contributed by atoms with Gasteiger partial charge in [0.15, 0.2) is 0 Å². The molecule has 2 aliphatic carbocycles. The number of rotatable bonds is 8. The van der Waals surface area contributed by atoms with E-state index >= 15 is 0 Å². The molecule has 45 heavy (non-hydrogen) atoms. The van der Waals surface area contributed by atoms with Crippen LogP contribution in [0.4, 0.5) is 0 Å². The maximum absolute atomic E-state index is 3.60. The van der Waals surface area contributed by atoms with Crippen LogP contribution in [0.5, 0.6) is 0 Å². The molecule has 0 spiro atoms. The molecule has 0 saturated heterocycles. The Morgan fingerprint density at radius 3 is 1.24 bits per heavy atom. The Hall–Kier alpha value is -1.70. The molecule has 0 amide bonds. The molecular weight excluding hydrogens is 683 g/mol. The molecule has 2 aliphatic rings. The molecule has 242 valence electrons. The van der Waals surface area contributed by atoms with Gasteiger partial charge in [-0.1, -0.05) is 128 Å². The molecule has 0 nitrogen and oxygen atoms in total. The van der Waals surface area contributed by atoms with Crippen LogP contribution in [-0.4, -0.2) is 6.88 Å². The Kier molecular flexibility index (Phi) is 26.6. The second-order valence-corrected chi connectivity index (χ2v) is 10.3. The first-order chi connectivity index (χ1) is 20.6. The van der Waals surface area contributed by atoms with E-state index in [1.807, 2.05) is 30.3 Å². The summed E-state index contributed by atoms with van der Waals surface area (Å²) in [6.07, 6.45) is 18.6. The van der Waals surface area contributed by atoms with Gasteiger partial charge in [0, 0.05) is 0 Å². The van der Waals surface area contributed by atoms with Crippen LogP contribution in [0, 0.1) is 37.5 Å². The molecule has 2 unspecified atom stereocenters. The number of aryl methyl sites for hydroxylation is 2. The average molecular weight is 735 g/mol. The summed E-state index contributed by atoms with van der Waals surface area (Å²) in [7, 11) is 0. The molecule has 3 aromatic rings. The molecule has 2 radical (unpaired) electrons. The summed E-state index contributed by atoms with van der Waals surface area (Å²) in [6, 6.07) is 30.3. The Balaban J connectivity index is 0. The third kappa shape index (κ3) is 14.7. The van der Waals surface area contributed by atoms with Crippen molar-refractivity contribution in [3.05, 3.63) is 150 Å². The summed E-state index contributed by atoms with van der Waals surface area (Å²) in [5, 5.41) is 0. The van der Waals surface area contributed by atoms with Crippen LogP contribution in [0.3, 0.4) is 0 Å². The summed E-state index contributed by atoms with van der Waals surface area (Å²) >= 11 is 1.36. The first-order valence-electron chi connectivity index (χ1n) is 15.6. The maximum atomic E-state index is 3.60. The summed E-state index contributed by atoms with van der Waals surface area (Å²) in [4.78, 5) is 0. The Morgan fingerprint density at radius 2 is 0.978 bits per heavy atom. The zero-order chi connectivity index (χ0) is 30.7. The molecule has 0 heterocycles. The maximum Gasteiger partial charge on any atom is -0.171 e. The third-order valence-corrected chi connectivity index (χ3v) is 7.59. The predicted octanol–water partition coefficient (Wildman–Crippen LogP) is 12.0.